The second kappa shape index (κ2) is 4.17. The number of carbonyl (C=O) groups is 2. The molecule has 0 saturated heterocycles. The van der Waals surface area contributed by atoms with E-state index in [1.165, 1.54) is 0 Å². The summed E-state index contributed by atoms with van der Waals surface area (Å²) >= 11 is 5.80. The standard InChI is InChI=1S/C13H17ClO2/c1-7-8(2)12(16)10(13(3,4)5)9(6-14)11(7)15/h6H2,1-5H3. The summed E-state index contributed by atoms with van der Waals surface area (Å²) in [7, 11) is 0. The summed E-state index contributed by atoms with van der Waals surface area (Å²) in [6, 6.07) is 0. The fourth-order valence-corrected chi connectivity index (χ4v) is 2.18. The Morgan fingerprint density at radius 2 is 1.44 bits per heavy atom. The summed E-state index contributed by atoms with van der Waals surface area (Å²) in [6.07, 6.45) is 0. The highest BCUT2D eigenvalue weighted by Gasteiger charge is 2.35. The SMILES string of the molecule is CC1=C(C)C(=O)C(C(C)(C)C)=C(CCl)C1=O. The molecule has 0 unspecified atom stereocenters. The molecule has 1 aliphatic carbocycles. The molecule has 0 aromatic rings. The first kappa shape index (κ1) is 13.2. The number of allylic oxidation sites excluding steroid dienone is 4. The van der Waals surface area contributed by atoms with Crippen LogP contribution in [0.5, 0.6) is 0 Å². The van der Waals surface area contributed by atoms with Crippen LogP contribution in [0.2, 0.25) is 0 Å². The van der Waals surface area contributed by atoms with E-state index >= 15 is 0 Å². The molecule has 0 bridgehead atoms. The molecule has 0 heterocycles. The van der Waals surface area contributed by atoms with Crippen LogP contribution in [0.15, 0.2) is 22.3 Å². The average molecular weight is 241 g/mol. The van der Waals surface area contributed by atoms with Gasteiger partial charge in [-0.2, -0.15) is 0 Å². The highest BCUT2D eigenvalue weighted by molar-refractivity contribution is 6.31. The van der Waals surface area contributed by atoms with E-state index < -0.39 is 0 Å². The van der Waals surface area contributed by atoms with E-state index in [2.05, 4.69) is 0 Å². The molecule has 0 aromatic heterocycles. The maximum absolute atomic E-state index is 12.2. The van der Waals surface area contributed by atoms with Crippen LogP contribution in [0.1, 0.15) is 34.6 Å². The second-order valence-electron chi connectivity index (χ2n) is 5.15. The van der Waals surface area contributed by atoms with Gasteiger partial charge in [-0.05, 0) is 19.3 Å². The van der Waals surface area contributed by atoms with E-state index in [1.54, 1.807) is 13.8 Å². The first-order chi connectivity index (χ1) is 7.21. The maximum atomic E-state index is 12.2. The Labute approximate surface area is 101 Å². The Morgan fingerprint density at radius 1 is 1.00 bits per heavy atom. The van der Waals surface area contributed by atoms with Crippen molar-refractivity contribution in [1.82, 2.24) is 0 Å². The lowest BCUT2D eigenvalue weighted by molar-refractivity contribution is -0.117. The third-order valence-corrected chi connectivity index (χ3v) is 3.20. The molecular formula is C13H17ClO2. The number of halogens is 1. The lowest BCUT2D eigenvalue weighted by atomic mass is 9.74. The van der Waals surface area contributed by atoms with Crippen LogP contribution < -0.4 is 0 Å². The van der Waals surface area contributed by atoms with Gasteiger partial charge in [-0.1, -0.05) is 20.8 Å². The van der Waals surface area contributed by atoms with Crippen molar-refractivity contribution in [1.29, 1.82) is 0 Å². The van der Waals surface area contributed by atoms with Gasteiger partial charge in [0.25, 0.3) is 0 Å². The first-order valence-corrected chi connectivity index (χ1v) is 5.81. The van der Waals surface area contributed by atoms with Gasteiger partial charge < -0.3 is 0 Å². The molecule has 88 valence electrons. The molecule has 0 spiro atoms. The smallest absolute Gasteiger partial charge is 0.186 e. The third kappa shape index (κ3) is 1.99. The highest BCUT2D eigenvalue weighted by atomic mass is 35.5. The topological polar surface area (TPSA) is 34.1 Å². The summed E-state index contributed by atoms with van der Waals surface area (Å²) in [5.74, 6) is -0.0285. The largest absolute Gasteiger partial charge is 0.289 e. The van der Waals surface area contributed by atoms with Crippen molar-refractivity contribution < 1.29 is 9.59 Å². The number of hydrogen-bond acceptors (Lipinski definition) is 2. The summed E-state index contributed by atoms with van der Waals surface area (Å²) in [5, 5.41) is 0. The number of ketones is 2. The minimum Gasteiger partial charge on any atom is -0.289 e. The van der Waals surface area contributed by atoms with Crippen LogP contribution in [0.3, 0.4) is 0 Å². The molecule has 3 heteroatoms. The van der Waals surface area contributed by atoms with Gasteiger partial charge in [0.1, 0.15) is 0 Å². The van der Waals surface area contributed by atoms with E-state index in [4.69, 9.17) is 11.6 Å². The molecule has 0 N–H and O–H groups in total. The van der Waals surface area contributed by atoms with E-state index in [1.807, 2.05) is 20.8 Å². The van der Waals surface area contributed by atoms with E-state index in [0.717, 1.165) is 0 Å². The van der Waals surface area contributed by atoms with Gasteiger partial charge in [0.05, 0.1) is 5.88 Å². The molecule has 0 aliphatic heterocycles. The normalized spacial score (nSPS) is 18.6. The Morgan fingerprint density at radius 3 is 1.81 bits per heavy atom. The Bertz CT molecular complexity index is 420. The second-order valence-corrected chi connectivity index (χ2v) is 5.41. The Balaban J connectivity index is 3.48. The molecule has 0 atom stereocenters. The molecule has 2 nitrogen and oxygen atoms in total. The van der Waals surface area contributed by atoms with Crippen LogP contribution in [-0.4, -0.2) is 17.4 Å². The molecule has 16 heavy (non-hydrogen) atoms. The average Bonchev–Trinajstić information content (AvgIpc) is 2.18. The van der Waals surface area contributed by atoms with Gasteiger partial charge in [-0.25, -0.2) is 0 Å². The number of alkyl halides is 1. The minimum absolute atomic E-state index is 0.0414. The van der Waals surface area contributed by atoms with Crippen molar-refractivity contribution in [2.75, 3.05) is 5.88 Å². The fourth-order valence-electron chi connectivity index (χ4n) is 1.93. The molecule has 0 aromatic carbocycles. The van der Waals surface area contributed by atoms with Crippen molar-refractivity contribution in [2.45, 2.75) is 34.6 Å². The van der Waals surface area contributed by atoms with Gasteiger partial charge in [-0.3, -0.25) is 9.59 Å². The molecule has 1 rings (SSSR count). The van der Waals surface area contributed by atoms with E-state index in [0.29, 0.717) is 22.3 Å². The fraction of sp³-hybridized carbons (Fsp3) is 0.538. The molecule has 0 fully saturated rings. The van der Waals surface area contributed by atoms with Crippen LogP contribution >= 0.6 is 11.6 Å². The van der Waals surface area contributed by atoms with E-state index in [9.17, 15) is 9.59 Å². The zero-order valence-electron chi connectivity index (χ0n) is 10.4. The third-order valence-electron chi connectivity index (χ3n) is 2.93. The van der Waals surface area contributed by atoms with Crippen LogP contribution in [0, 0.1) is 5.41 Å². The quantitative estimate of drug-likeness (QED) is 0.522. The molecule has 1 aliphatic rings. The number of carbonyl (C=O) groups excluding carboxylic acids is 2. The molecular weight excluding hydrogens is 224 g/mol. The monoisotopic (exact) mass is 240 g/mol. The summed E-state index contributed by atoms with van der Waals surface area (Å²) < 4.78 is 0. The highest BCUT2D eigenvalue weighted by Crippen LogP contribution is 2.36. The van der Waals surface area contributed by atoms with Crippen molar-refractivity contribution in [3.63, 3.8) is 0 Å². The van der Waals surface area contributed by atoms with Gasteiger partial charge in [-0.15, -0.1) is 11.6 Å². The van der Waals surface area contributed by atoms with Crippen molar-refractivity contribution in [2.24, 2.45) is 5.41 Å². The summed E-state index contributed by atoms with van der Waals surface area (Å²) in [4.78, 5) is 24.2. The number of Topliss-reactive ketones (excluding diaryl/α,β-unsaturated/α-hetero) is 2. The predicted molar refractivity (Wildman–Crippen MR) is 65.6 cm³/mol. The van der Waals surface area contributed by atoms with Gasteiger partial charge in [0.2, 0.25) is 0 Å². The van der Waals surface area contributed by atoms with Crippen molar-refractivity contribution >= 4 is 23.2 Å². The zero-order valence-corrected chi connectivity index (χ0v) is 11.2. The lowest BCUT2D eigenvalue weighted by Gasteiger charge is -2.28. The Kier molecular flexibility index (Phi) is 3.44. The minimum atomic E-state index is -0.348. The van der Waals surface area contributed by atoms with Crippen LogP contribution in [-0.2, 0) is 9.59 Å². The Hall–Kier alpha value is -0.890. The van der Waals surface area contributed by atoms with Gasteiger partial charge >= 0.3 is 0 Å². The molecule has 0 saturated carbocycles. The molecule has 0 amide bonds. The lowest BCUT2D eigenvalue weighted by Crippen LogP contribution is -2.29. The van der Waals surface area contributed by atoms with Crippen molar-refractivity contribution in [3.05, 3.63) is 22.3 Å². The van der Waals surface area contributed by atoms with Gasteiger partial charge in [0.15, 0.2) is 11.6 Å². The van der Waals surface area contributed by atoms with Gasteiger partial charge in [0, 0.05) is 22.3 Å². The number of hydrogen-bond donors (Lipinski definition) is 0. The summed E-state index contributed by atoms with van der Waals surface area (Å²) in [6.45, 7) is 9.16. The first-order valence-electron chi connectivity index (χ1n) is 5.28. The predicted octanol–water partition coefficient (Wildman–Crippen LogP) is 3.06. The van der Waals surface area contributed by atoms with E-state index in [-0.39, 0.29) is 22.9 Å². The number of rotatable bonds is 1. The van der Waals surface area contributed by atoms with Crippen LogP contribution in [0.25, 0.3) is 0 Å². The van der Waals surface area contributed by atoms with Crippen LogP contribution in [0.4, 0.5) is 0 Å². The van der Waals surface area contributed by atoms with Crippen molar-refractivity contribution in [3.8, 4) is 0 Å². The zero-order chi connectivity index (χ0) is 12.7. The summed E-state index contributed by atoms with van der Waals surface area (Å²) in [5.41, 5.74) is 1.74. The maximum Gasteiger partial charge on any atom is 0.186 e. The molecule has 0 radical (unpaired) electrons.